The molecule has 2 nitrogen and oxygen atoms in total. The van der Waals surface area contributed by atoms with Crippen LogP contribution in [-0.4, -0.2) is 5.91 Å². The summed E-state index contributed by atoms with van der Waals surface area (Å²) in [7, 11) is 0. The van der Waals surface area contributed by atoms with Crippen molar-refractivity contribution < 1.29 is 4.79 Å². The van der Waals surface area contributed by atoms with Gasteiger partial charge in [-0.05, 0) is 24.7 Å². The molecule has 1 saturated carbocycles. The molecule has 75 valence electrons. The minimum atomic E-state index is -0.345. The summed E-state index contributed by atoms with van der Waals surface area (Å²) in [5.74, 6) is 0.494. The van der Waals surface area contributed by atoms with E-state index in [4.69, 9.17) is 5.73 Å². The highest BCUT2D eigenvalue weighted by molar-refractivity contribution is 5.76. The Balaban J connectivity index is 2.57. The fourth-order valence-electron chi connectivity index (χ4n) is 2.55. The minimum absolute atomic E-state index is 0.000278. The number of hydrogen-bond acceptors (Lipinski definition) is 1. The molecular weight excluding hydrogens is 162 g/mol. The van der Waals surface area contributed by atoms with Gasteiger partial charge in [-0.15, -0.1) is 0 Å². The van der Waals surface area contributed by atoms with Gasteiger partial charge >= 0.3 is 0 Å². The van der Waals surface area contributed by atoms with Crippen molar-refractivity contribution in [2.24, 2.45) is 17.8 Å². The highest BCUT2D eigenvalue weighted by Gasteiger charge is 2.30. The zero-order valence-electron chi connectivity index (χ0n) is 8.68. The third kappa shape index (κ3) is 2.71. The summed E-state index contributed by atoms with van der Waals surface area (Å²) < 4.78 is 0. The maximum absolute atomic E-state index is 11.2. The molecule has 1 amide bonds. The Labute approximate surface area is 80.9 Å². The predicted molar refractivity (Wildman–Crippen MR) is 53.0 cm³/mol. The van der Waals surface area contributed by atoms with Gasteiger partial charge in [-0.2, -0.15) is 0 Å². The molecule has 2 heteroatoms. The molecule has 0 aliphatic heterocycles. The zero-order valence-corrected chi connectivity index (χ0v) is 8.68. The summed E-state index contributed by atoms with van der Waals surface area (Å²) in [5, 5.41) is 0. The minimum Gasteiger partial charge on any atom is -0.273 e. The van der Waals surface area contributed by atoms with Crippen molar-refractivity contribution in [3.05, 3.63) is 0 Å². The zero-order chi connectivity index (χ0) is 9.84. The van der Waals surface area contributed by atoms with Gasteiger partial charge in [0.05, 0.1) is 0 Å². The highest BCUT2D eigenvalue weighted by atomic mass is 16.1. The summed E-state index contributed by atoms with van der Waals surface area (Å²) in [6.07, 6.45) is 6.14. The molecule has 1 aliphatic carbocycles. The molecule has 1 N–H and O–H groups in total. The second-order valence-electron chi connectivity index (χ2n) is 4.53. The van der Waals surface area contributed by atoms with Gasteiger partial charge in [0, 0.05) is 5.92 Å². The van der Waals surface area contributed by atoms with E-state index in [1.54, 1.807) is 0 Å². The molecule has 1 radical (unpaired) electrons. The molecular formula is C11H20NO. The maximum Gasteiger partial charge on any atom is 0.242 e. The van der Waals surface area contributed by atoms with Gasteiger partial charge in [0.25, 0.3) is 0 Å². The topological polar surface area (TPSA) is 40.9 Å². The lowest BCUT2D eigenvalue weighted by Crippen LogP contribution is -2.30. The van der Waals surface area contributed by atoms with Crippen molar-refractivity contribution >= 4 is 5.91 Å². The third-order valence-electron chi connectivity index (χ3n) is 3.18. The summed E-state index contributed by atoms with van der Waals surface area (Å²) in [6.45, 7) is 4.12. The molecule has 1 fully saturated rings. The molecule has 0 bridgehead atoms. The van der Waals surface area contributed by atoms with Gasteiger partial charge in [0.1, 0.15) is 0 Å². The fourth-order valence-corrected chi connectivity index (χ4v) is 2.55. The van der Waals surface area contributed by atoms with Gasteiger partial charge in [0.2, 0.25) is 5.91 Å². The first-order valence-electron chi connectivity index (χ1n) is 5.38. The van der Waals surface area contributed by atoms with Crippen molar-refractivity contribution in [1.82, 2.24) is 5.73 Å². The van der Waals surface area contributed by atoms with Crippen LogP contribution in [0, 0.1) is 17.8 Å². The number of carbonyl (C=O) groups excluding carboxylic acids is 1. The number of amides is 1. The van der Waals surface area contributed by atoms with Crippen molar-refractivity contribution in [1.29, 1.82) is 0 Å². The monoisotopic (exact) mass is 182 g/mol. The Hall–Kier alpha value is -0.530. The van der Waals surface area contributed by atoms with Crippen LogP contribution in [0.1, 0.15) is 46.0 Å². The summed E-state index contributed by atoms with van der Waals surface area (Å²) >= 11 is 0. The van der Waals surface area contributed by atoms with Gasteiger partial charge in [0.15, 0.2) is 0 Å². The van der Waals surface area contributed by atoms with Crippen molar-refractivity contribution in [2.75, 3.05) is 0 Å². The Kier molecular flexibility index (Phi) is 3.76. The largest absolute Gasteiger partial charge is 0.273 e. The number of carbonyl (C=O) groups is 1. The average molecular weight is 182 g/mol. The van der Waals surface area contributed by atoms with E-state index in [0.29, 0.717) is 11.8 Å². The predicted octanol–water partition coefficient (Wildman–Crippen LogP) is 2.65. The average Bonchev–Trinajstić information content (AvgIpc) is 2.04. The first-order chi connectivity index (χ1) is 6.13. The Morgan fingerprint density at radius 1 is 1.23 bits per heavy atom. The summed E-state index contributed by atoms with van der Waals surface area (Å²) in [5.41, 5.74) is 7.26. The van der Waals surface area contributed by atoms with Crippen LogP contribution in [-0.2, 0) is 4.79 Å². The van der Waals surface area contributed by atoms with E-state index < -0.39 is 0 Å². The number of nitrogens with one attached hydrogen (secondary N) is 1. The van der Waals surface area contributed by atoms with Crippen LogP contribution in [0.2, 0.25) is 0 Å². The molecule has 13 heavy (non-hydrogen) atoms. The number of hydrogen-bond donors (Lipinski definition) is 0. The Morgan fingerprint density at radius 3 is 2.15 bits per heavy atom. The first kappa shape index (κ1) is 10.6. The van der Waals surface area contributed by atoms with Gasteiger partial charge < -0.3 is 0 Å². The van der Waals surface area contributed by atoms with Crippen molar-refractivity contribution in [3.63, 3.8) is 0 Å². The van der Waals surface area contributed by atoms with E-state index in [1.165, 1.54) is 19.3 Å². The second-order valence-corrected chi connectivity index (χ2v) is 4.53. The third-order valence-corrected chi connectivity index (χ3v) is 3.18. The van der Waals surface area contributed by atoms with Crippen LogP contribution in [0.15, 0.2) is 0 Å². The molecule has 0 aromatic rings. The van der Waals surface area contributed by atoms with E-state index in [0.717, 1.165) is 12.8 Å². The molecule has 1 aliphatic rings. The normalized spacial score (nSPS) is 21.8. The van der Waals surface area contributed by atoms with E-state index in [-0.39, 0.29) is 11.8 Å². The van der Waals surface area contributed by atoms with Crippen LogP contribution in [0.3, 0.4) is 0 Å². The number of rotatable bonds is 3. The molecule has 1 unspecified atom stereocenters. The lowest BCUT2D eigenvalue weighted by Gasteiger charge is -2.30. The molecule has 1 atom stereocenters. The van der Waals surface area contributed by atoms with Gasteiger partial charge in [-0.1, -0.05) is 33.1 Å². The molecule has 0 heterocycles. The molecule has 0 aromatic carbocycles. The SMILES string of the molecule is CC(C)C(C([NH])=O)C1CCCCC1. The molecule has 1 rings (SSSR count). The van der Waals surface area contributed by atoms with Gasteiger partial charge in [-0.3, -0.25) is 10.5 Å². The summed E-state index contributed by atoms with van der Waals surface area (Å²) in [6, 6.07) is 0. The smallest absolute Gasteiger partial charge is 0.242 e. The van der Waals surface area contributed by atoms with Crippen LogP contribution < -0.4 is 5.73 Å². The van der Waals surface area contributed by atoms with Crippen LogP contribution in [0.4, 0.5) is 0 Å². The first-order valence-corrected chi connectivity index (χ1v) is 5.38. The highest BCUT2D eigenvalue weighted by Crippen LogP contribution is 2.33. The Morgan fingerprint density at radius 2 is 1.77 bits per heavy atom. The second kappa shape index (κ2) is 4.64. The van der Waals surface area contributed by atoms with E-state index in [2.05, 4.69) is 13.8 Å². The van der Waals surface area contributed by atoms with Crippen LogP contribution in [0.25, 0.3) is 0 Å². The maximum atomic E-state index is 11.2. The van der Waals surface area contributed by atoms with Crippen LogP contribution in [0.5, 0.6) is 0 Å². The summed E-state index contributed by atoms with van der Waals surface area (Å²) in [4.78, 5) is 11.2. The van der Waals surface area contributed by atoms with Gasteiger partial charge in [-0.25, -0.2) is 0 Å². The molecule has 0 spiro atoms. The van der Waals surface area contributed by atoms with E-state index in [9.17, 15) is 4.79 Å². The molecule has 0 saturated heterocycles. The van der Waals surface area contributed by atoms with Crippen molar-refractivity contribution in [3.8, 4) is 0 Å². The van der Waals surface area contributed by atoms with Crippen molar-refractivity contribution in [2.45, 2.75) is 46.0 Å². The quantitative estimate of drug-likeness (QED) is 0.661. The lowest BCUT2D eigenvalue weighted by atomic mass is 9.75. The van der Waals surface area contributed by atoms with Crippen LogP contribution >= 0.6 is 0 Å². The van der Waals surface area contributed by atoms with E-state index >= 15 is 0 Å². The standard InChI is InChI=1S/C11H20NO/c1-8(2)10(11(12)13)9-6-4-3-5-7-9/h8-10,12H,3-7H2,1-2H3. The molecule has 0 aromatic heterocycles. The lowest BCUT2D eigenvalue weighted by molar-refractivity contribution is -0.126. The van der Waals surface area contributed by atoms with E-state index in [1.807, 2.05) is 0 Å². The Bertz CT molecular complexity index is 171. The fraction of sp³-hybridized carbons (Fsp3) is 0.909.